The SMILES string of the molecule is CN1CCN(c2ccc(Nc3ncc(Br)c(CCC4CCCO4)n3)cc2)CC1. The Kier molecular flexibility index (Phi) is 6.44. The van der Waals surface area contributed by atoms with E-state index in [1.54, 1.807) is 0 Å². The lowest BCUT2D eigenvalue weighted by atomic mass is 10.1. The van der Waals surface area contributed by atoms with Crippen molar-refractivity contribution in [3.63, 3.8) is 0 Å². The summed E-state index contributed by atoms with van der Waals surface area (Å²) in [4.78, 5) is 13.9. The molecule has 1 aromatic heterocycles. The van der Waals surface area contributed by atoms with Crippen LogP contribution < -0.4 is 10.2 Å². The molecule has 1 unspecified atom stereocenters. The Labute approximate surface area is 175 Å². The maximum absolute atomic E-state index is 5.73. The van der Waals surface area contributed by atoms with Gasteiger partial charge in [-0.1, -0.05) is 0 Å². The normalized spacial score (nSPS) is 20.5. The van der Waals surface area contributed by atoms with Gasteiger partial charge >= 0.3 is 0 Å². The van der Waals surface area contributed by atoms with Gasteiger partial charge in [-0.25, -0.2) is 9.97 Å². The predicted molar refractivity (Wildman–Crippen MR) is 116 cm³/mol. The molecular weight excluding hydrogens is 418 g/mol. The third-order valence-electron chi connectivity index (χ3n) is 5.54. The minimum Gasteiger partial charge on any atom is -0.378 e. The molecular formula is C21H28BrN5O. The standard InChI is InChI=1S/C21H28BrN5O/c1-26-10-12-27(13-11-26)17-6-4-16(5-7-17)24-21-23-15-19(22)20(25-21)9-8-18-3-2-14-28-18/h4-7,15,18H,2-3,8-14H2,1H3,(H,23,24,25). The van der Waals surface area contributed by atoms with Crippen molar-refractivity contribution in [2.75, 3.05) is 50.1 Å². The second-order valence-electron chi connectivity index (χ2n) is 7.62. The molecule has 0 radical (unpaired) electrons. The minimum absolute atomic E-state index is 0.375. The van der Waals surface area contributed by atoms with Gasteiger partial charge in [0.25, 0.3) is 0 Å². The number of nitrogens with zero attached hydrogens (tertiary/aromatic N) is 4. The monoisotopic (exact) mass is 445 g/mol. The van der Waals surface area contributed by atoms with Crippen LogP contribution in [0.25, 0.3) is 0 Å². The fourth-order valence-corrected chi connectivity index (χ4v) is 4.15. The minimum atomic E-state index is 0.375. The largest absolute Gasteiger partial charge is 0.378 e. The van der Waals surface area contributed by atoms with Crippen molar-refractivity contribution in [3.05, 3.63) is 40.6 Å². The third-order valence-corrected chi connectivity index (χ3v) is 6.20. The van der Waals surface area contributed by atoms with E-state index in [1.165, 1.54) is 12.1 Å². The van der Waals surface area contributed by atoms with E-state index in [1.807, 2.05) is 6.20 Å². The lowest BCUT2D eigenvalue weighted by Crippen LogP contribution is -2.44. The van der Waals surface area contributed by atoms with Gasteiger partial charge in [-0.3, -0.25) is 0 Å². The average molecular weight is 446 g/mol. The van der Waals surface area contributed by atoms with Crippen LogP contribution in [0.15, 0.2) is 34.9 Å². The molecule has 2 fully saturated rings. The van der Waals surface area contributed by atoms with Crippen LogP contribution in [0.2, 0.25) is 0 Å². The van der Waals surface area contributed by atoms with Crippen LogP contribution in [-0.2, 0) is 11.2 Å². The summed E-state index contributed by atoms with van der Waals surface area (Å²) in [6.45, 7) is 5.27. The first kappa shape index (κ1) is 19.6. The zero-order valence-electron chi connectivity index (χ0n) is 16.4. The van der Waals surface area contributed by atoms with Crippen molar-refractivity contribution in [1.82, 2.24) is 14.9 Å². The second-order valence-corrected chi connectivity index (χ2v) is 8.48. The number of aromatic nitrogens is 2. The number of hydrogen-bond acceptors (Lipinski definition) is 6. The lowest BCUT2D eigenvalue weighted by Gasteiger charge is -2.34. The molecule has 4 rings (SSSR count). The molecule has 1 aromatic carbocycles. The molecule has 0 spiro atoms. The Morgan fingerprint density at radius 1 is 1.18 bits per heavy atom. The Balaban J connectivity index is 1.37. The quantitative estimate of drug-likeness (QED) is 0.728. The van der Waals surface area contributed by atoms with Crippen LogP contribution in [0.5, 0.6) is 0 Å². The Hall–Kier alpha value is -1.70. The summed E-state index contributed by atoms with van der Waals surface area (Å²) in [5.41, 5.74) is 3.31. The maximum atomic E-state index is 5.73. The topological polar surface area (TPSA) is 53.5 Å². The fourth-order valence-electron chi connectivity index (χ4n) is 3.76. The highest BCUT2D eigenvalue weighted by molar-refractivity contribution is 9.10. The molecule has 3 heterocycles. The molecule has 2 saturated heterocycles. The Morgan fingerprint density at radius 2 is 1.96 bits per heavy atom. The number of ether oxygens (including phenoxy) is 1. The van der Waals surface area contributed by atoms with E-state index in [0.29, 0.717) is 12.1 Å². The number of benzene rings is 1. The molecule has 28 heavy (non-hydrogen) atoms. The smallest absolute Gasteiger partial charge is 0.227 e. The summed E-state index contributed by atoms with van der Waals surface area (Å²) in [6.07, 6.45) is 6.44. The van der Waals surface area contributed by atoms with E-state index in [4.69, 9.17) is 9.72 Å². The first-order chi connectivity index (χ1) is 13.7. The number of anilines is 3. The van der Waals surface area contributed by atoms with Gasteiger partial charge in [0.1, 0.15) is 0 Å². The number of likely N-dealkylation sites (N-methyl/N-ethyl adjacent to an activating group) is 1. The van der Waals surface area contributed by atoms with Crippen molar-refractivity contribution in [3.8, 4) is 0 Å². The van der Waals surface area contributed by atoms with Gasteiger partial charge in [-0.15, -0.1) is 0 Å². The molecule has 6 nitrogen and oxygen atoms in total. The third kappa shape index (κ3) is 5.01. The molecule has 1 atom stereocenters. The maximum Gasteiger partial charge on any atom is 0.227 e. The molecule has 0 amide bonds. The van der Waals surface area contributed by atoms with Crippen LogP contribution in [0.4, 0.5) is 17.3 Å². The summed E-state index contributed by atoms with van der Waals surface area (Å²) in [6, 6.07) is 8.55. The van der Waals surface area contributed by atoms with Crippen LogP contribution in [0.3, 0.4) is 0 Å². The molecule has 0 bridgehead atoms. The van der Waals surface area contributed by atoms with Gasteiger partial charge in [0.15, 0.2) is 0 Å². The summed E-state index contributed by atoms with van der Waals surface area (Å²) < 4.78 is 6.69. The Morgan fingerprint density at radius 3 is 2.68 bits per heavy atom. The number of rotatable bonds is 6. The van der Waals surface area contributed by atoms with Gasteiger partial charge in [-0.05, 0) is 72.9 Å². The van der Waals surface area contributed by atoms with E-state index in [2.05, 4.69) is 67.3 Å². The van der Waals surface area contributed by atoms with Gasteiger partial charge in [0.2, 0.25) is 5.95 Å². The van der Waals surface area contributed by atoms with Gasteiger partial charge in [0, 0.05) is 50.4 Å². The van der Waals surface area contributed by atoms with E-state index in [9.17, 15) is 0 Å². The van der Waals surface area contributed by atoms with Crippen LogP contribution in [0.1, 0.15) is 25.0 Å². The second kappa shape index (κ2) is 9.20. The summed E-state index contributed by atoms with van der Waals surface area (Å²) >= 11 is 3.58. The highest BCUT2D eigenvalue weighted by atomic mass is 79.9. The number of piperazine rings is 1. The van der Waals surface area contributed by atoms with E-state index in [-0.39, 0.29) is 0 Å². The first-order valence-electron chi connectivity index (χ1n) is 10.1. The molecule has 2 aliphatic heterocycles. The van der Waals surface area contributed by atoms with Gasteiger partial charge in [0.05, 0.1) is 16.3 Å². The molecule has 0 aliphatic carbocycles. The highest BCUT2D eigenvalue weighted by Crippen LogP contribution is 2.24. The molecule has 0 saturated carbocycles. The molecule has 7 heteroatoms. The van der Waals surface area contributed by atoms with Gasteiger partial charge in [-0.2, -0.15) is 0 Å². The molecule has 150 valence electrons. The van der Waals surface area contributed by atoms with E-state index < -0.39 is 0 Å². The summed E-state index contributed by atoms with van der Waals surface area (Å²) in [5.74, 6) is 0.637. The van der Waals surface area contributed by atoms with Crippen molar-refractivity contribution >= 4 is 33.3 Å². The zero-order valence-corrected chi connectivity index (χ0v) is 18.0. The van der Waals surface area contributed by atoms with E-state index >= 15 is 0 Å². The number of nitrogens with one attached hydrogen (secondary N) is 1. The fraction of sp³-hybridized carbons (Fsp3) is 0.524. The van der Waals surface area contributed by atoms with Crippen LogP contribution in [-0.4, -0.2) is 60.8 Å². The van der Waals surface area contributed by atoms with Crippen molar-refractivity contribution in [1.29, 1.82) is 0 Å². The Bertz CT molecular complexity index is 771. The summed E-state index contributed by atoms with van der Waals surface area (Å²) in [5, 5.41) is 3.34. The van der Waals surface area contributed by atoms with Gasteiger partial charge < -0.3 is 19.9 Å². The van der Waals surface area contributed by atoms with E-state index in [0.717, 1.165) is 67.9 Å². The number of hydrogen-bond donors (Lipinski definition) is 1. The first-order valence-corrected chi connectivity index (χ1v) is 10.9. The molecule has 1 N–H and O–H groups in total. The van der Waals surface area contributed by atoms with Crippen LogP contribution in [0, 0.1) is 0 Å². The van der Waals surface area contributed by atoms with Crippen LogP contribution >= 0.6 is 15.9 Å². The number of aryl methyl sites for hydroxylation is 1. The van der Waals surface area contributed by atoms with Crippen molar-refractivity contribution in [2.45, 2.75) is 31.8 Å². The summed E-state index contributed by atoms with van der Waals surface area (Å²) in [7, 11) is 2.18. The zero-order chi connectivity index (χ0) is 19.3. The molecule has 2 aliphatic rings. The predicted octanol–water partition coefficient (Wildman–Crippen LogP) is 3.85. The van der Waals surface area contributed by atoms with Crippen molar-refractivity contribution in [2.24, 2.45) is 0 Å². The lowest BCUT2D eigenvalue weighted by molar-refractivity contribution is 0.104. The number of halogens is 1. The van der Waals surface area contributed by atoms with Crippen molar-refractivity contribution < 1.29 is 4.74 Å². The highest BCUT2D eigenvalue weighted by Gasteiger charge is 2.17. The average Bonchev–Trinajstić information content (AvgIpc) is 3.23. The molecule has 2 aromatic rings.